The molecule has 1 fully saturated rings. The Morgan fingerprint density at radius 1 is 1.05 bits per heavy atom. The van der Waals surface area contributed by atoms with Crippen LogP contribution in [-0.2, 0) is 24.4 Å². The summed E-state index contributed by atoms with van der Waals surface area (Å²) in [4.78, 5) is 24.1. The maximum Gasteiger partial charge on any atom is 0.342 e. The van der Waals surface area contributed by atoms with Crippen LogP contribution in [0.15, 0.2) is 60.8 Å². The second-order valence-corrected chi connectivity index (χ2v) is 11.0. The van der Waals surface area contributed by atoms with Crippen molar-refractivity contribution in [3.63, 3.8) is 0 Å². The molecule has 214 valence electrons. The van der Waals surface area contributed by atoms with Crippen LogP contribution in [0.3, 0.4) is 0 Å². The number of hydrogen-bond donors (Lipinski definition) is 0. The molecule has 2 heterocycles. The van der Waals surface area contributed by atoms with Gasteiger partial charge in [-0.1, -0.05) is 55.8 Å². The summed E-state index contributed by atoms with van der Waals surface area (Å²) in [5.74, 6) is 0.113. The van der Waals surface area contributed by atoms with Crippen LogP contribution in [0, 0.1) is 5.82 Å². The van der Waals surface area contributed by atoms with Gasteiger partial charge in [-0.25, -0.2) is 14.2 Å². The first kappa shape index (κ1) is 30.0. The van der Waals surface area contributed by atoms with Gasteiger partial charge in [0.2, 0.25) is 0 Å². The third-order valence-electron chi connectivity index (χ3n) is 7.44. The van der Waals surface area contributed by atoms with Crippen LogP contribution in [0.5, 0.6) is 0 Å². The first-order chi connectivity index (χ1) is 19.3. The molecule has 0 aliphatic carbocycles. The number of carbonyl (C=O) groups is 1. The number of carbonyl (C=O) groups excluding carboxylic acids is 1. The molecule has 1 aromatic heterocycles. The second-order valence-electron chi connectivity index (χ2n) is 10.6. The van der Waals surface area contributed by atoms with E-state index in [1.165, 1.54) is 17.2 Å². The van der Waals surface area contributed by atoms with Crippen LogP contribution in [-0.4, -0.2) is 59.1 Å². The Morgan fingerprint density at radius 3 is 2.42 bits per heavy atom. The fraction of sp³-hybridized carbons (Fsp3) is 0.438. The van der Waals surface area contributed by atoms with E-state index in [1.807, 2.05) is 13.8 Å². The first-order valence-corrected chi connectivity index (χ1v) is 14.5. The minimum atomic E-state index is -0.326. The van der Waals surface area contributed by atoms with Gasteiger partial charge in [-0.05, 0) is 68.8 Å². The molecule has 40 heavy (non-hydrogen) atoms. The highest BCUT2D eigenvalue weighted by atomic mass is 35.5. The highest BCUT2D eigenvalue weighted by Crippen LogP contribution is 2.27. The summed E-state index contributed by atoms with van der Waals surface area (Å²) in [6.07, 6.45) is 2.56. The zero-order valence-electron chi connectivity index (χ0n) is 23.9. The first-order valence-electron chi connectivity index (χ1n) is 14.2. The second kappa shape index (κ2) is 14.1. The highest BCUT2D eigenvalue weighted by Gasteiger charge is 2.30. The molecule has 0 spiro atoms. The number of anilines is 1. The van der Waals surface area contributed by atoms with E-state index in [1.54, 1.807) is 30.5 Å². The largest absolute Gasteiger partial charge is 0.459 e. The van der Waals surface area contributed by atoms with E-state index >= 15 is 0 Å². The van der Waals surface area contributed by atoms with E-state index in [0.29, 0.717) is 34.6 Å². The average molecular weight is 567 g/mol. The van der Waals surface area contributed by atoms with Gasteiger partial charge >= 0.3 is 5.97 Å². The molecule has 8 heteroatoms. The van der Waals surface area contributed by atoms with Crippen LogP contribution in [0.25, 0.3) is 0 Å². The van der Waals surface area contributed by atoms with Crippen LogP contribution >= 0.6 is 11.6 Å². The average Bonchev–Trinajstić information content (AvgIpc) is 3.43. The summed E-state index contributed by atoms with van der Waals surface area (Å²) in [7, 11) is 0. The van der Waals surface area contributed by atoms with Gasteiger partial charge in [-0.15, -0.1) is 0 Å². The summed E-state index contributed by atoms with van der Waals surface area (Å²) < 4.78 is 19.8. The Balaban J connectivity index is 1.37. The predicted molar refractivity (Wildman–Crippen MR) is 159 cm³/mol. The molecule has 3 aromatic rings. The lowest BCUT2D eigenvalue weighted by molar-refractivity contribution is 0.0378. The van der Waals surface area contributed by atoms with Crippen molar-refractivity contribution >= 4 is 23.4 Å². The molecule has 0 radical (unpaired) electrons. The van der Waals surface area contributed by atoms with Crippen LogP contribution in [0.1, 0.15) is 61.2 Å². The summed E-state index contributed by atoms with van der Waals surface area (Å²) in [6, 6.07) is 17.5. The number of esters is 1. The lowest BCUT2D eigenvalue weighted by atomic mass is 10.1. The topological polar surface area (TPSA) is 48.9 Å². The van der Waals surface area contributed by atoms with Crippen molar-refractivity contribution in [3.05, 3.63) is 93.9 Å². The van der Waals surface area contributed by atoms with Gasteiger partial charge in [0.25, 0.3) is 0 Å². The number of aromatic nitrogens is 1. The van der Waals surface area contributed by atoms with Crippen molar-refractivity contribution in [1.29, 1.82) is 0 Å². The van der Waals surface area contributed by atoms with Gasteiger partial charge in [-0.3, -0.25) is 9.80 Å². The molecule has 1 aliphatic rings. The van der Waals surface area contributed by atoms with E-state index in [-0.39, 0.29) is 17.9 Å². The zero-order chi connectivity index (χ0) is 28.6. The summed E-state index contributed by atoms with van der Waals surface area (Å²) in [5.41, 5.74) is 3.50. The smallest absolute Gasteiger partial charge is 0.342 e. The third kappa shape index (κ3) is 7.59. The van der Waals surface area contributed by atoms with Gasteiger partial charge in [-0.2, -0.15) is 0 Å². The fourth-order valence-corrected chi connectivity index (χ4v) is 5.47. The minimum absolute atomic E-state index is 0.177. The Morgan fingerprint density at radius 2 is 1.77 bits per heavy atom. The van der Waals surface area contributed by atoms with E-state index in [9.17, 15) is 9.18 Å². The van der Waals surface area contributed by atoms with Crippen molar-refractivity contribution in [2.75, 3.05) is 31.1 Å². The van der Waals surface area contributed by atoms with Crippen molar-refractivity contribution in [2.45, 2.75) is 65.9 Å². The number of ether oxygens (including phenoxy) is 1. The summed E-state index contributed by atoms with van der Waals surface area (Å²) in [6.45, 7) is 13.4. The third-order valence-corrected chi connectivity index (χ3v) is 7.79. The molecule has 0 unspecified atom stereocenters. The summed E-state index contributed by atoms with van der Waals surface area (Å²) >= 11 is 6.26. The van der Waals surface area contributed by atoms with Gasteiger partial charge < -0.3 is 9.64 Å². The number of benzene rings is 2. The predicted octanol–water partition coefficient (Wildman–Crippen LogP) is 6.56. The quantitative estimate of drug-likeness (QED) is 0.231. The van der Waals surface area contributed by atoms with Crippen LogP contribution in [0.2, 0.25) is 5.02 Å². The fourth-order valence-electron chi connectivity index (χ4n) is 5.25. The van der Waals surface area contributed by atoms with Gasteiger partial charge in [0.1, 0.15) is 17.2 Å². The number of rotatable bonds is 12. The monoisotopic (exact) mass is 566 g/mol. The number of likely N-dealkylation sites (N-methyl/N-ethyl adjacent to an activating group) is 1. The molecular weight excluding hydrogens is 527 g/mol. The summed E-state index contributed by atoms with van der Waals surface area (Å²) in [5, 5.41) is 0.466. The molecule has 1 saturated heterocycles. The zero-order valence-corrected chi connectivity index (χ0v) is 24.7. The molecule has 6 nitrogen and oxygen atoms in total. The lowest BCUT2D eigenvalue weighted by Crippen LogP contribution is -2.37. The number of halogens is 2. The Hall–Kier alpha value is -3.00. The standard InChI is InChI=1S/C32H40ClFN4O2/c1-5-36(22-28-29(33)10-7-11-30(28)34)19-24-12-14-25(15-13-24)20-37(6-2)26-16-18-38(21-26)31-27(9-8-17-35-31)32(39)40-23(3)4/h7-15,17,23,26H,5-6,16,18-22H2,1-4H3/t26-/m1/s1. The van der Waals surface area contributed by atoms with Gasteiger partial charge in [0.05, 0.1) is 6.10 Å². The molecular formula is C32H40ClFN4O2. The van der Waals surface area contributed by atoms with Crippen molar-refractivity contribution in [1.82, 2.24) is 14.8 Å². The lowest BCUT2D eigenvalue weighted by Gasteiger charge is -2.28. The van der Waals surface area contributed by atoms with Crippen LogP contribution < -0.4 is 4.90 Å². The molecule has 0 amide bonds. The number of pyridine rings is 1. The number of hydrogen-bond acceptors (Lipinski definition) is 6. The molecule has 0 saturated carbocycles. The molecule has 4 rings (SSSR count). The van der Waals surface area contributed by atoms with E-state index in [0.717, 1.165) is 45.7 Å². The van der Waals surface area contributed by atoms with Gasteiger partial charge in [0, 0.05) is 55.5 Å². The normalized spacial score (nSPS) is 15.4. The van der Waals surface area contributed by atoms with Crippen molar-refractivity contribution < 1.29 is 13.9 Å². The van der Waals surface area contributed by atoms with Gasteiger partial charge in [0.15, 0.2) is 0 Å². The molecule has 1 atom stereocenters. The van der Waals surface area contributed by atoms with E-state index < -0.39 is 0 Å². The van der Waals surface area contributed by atoms with Crippen molar-refractivity contribution in [3.8, 4) is 0 Å². The van der Waals surface area contributed by atoms with E-state index in [2.05, 4.69) is 57.8 Å². The Kier molecular flexibility index (Phi) is 10.5. The van der Waals surface area contributed by atoms with Crippen molar-refractivity contribution in [2.24, 2.45) is 0 Å². The maximum absolute atomic E-state index is 14.3. The molecule has 0 N–H and O–H groups in total. The maximum atomic E-state index is 14.3. The Bertz CT molecular complexity index is 1250. The van der Waals surface area contributed by atoms with Crippen LogP contribution in [0.4, 0.5) is 10.2 Å². The molecule has 2 aromatic carbocycles. The Labute approximate surface area is 242 Å². The number of nitrogens with zero attached hydrogens (tertiary/aromatic N) is 4. The van der Waals surface area contributed by atoms with E-state index in [4.69, 9.17) is 16.3 Å². The highest BCUT2D eigenvalue weighted by molar-refractivity contribution is 6.31. The molecule has 0 bridgehead atoms. The SMILES string of the molecule is CCN(Cc1ccc(CN(CC)[C@@H]2CCN(c3ncccc3C(=O)OC(C)C)C2)cc1)Cc1c(F)cccc1Cl. The molecule has 1 aliphatic heterocycles. The minimum Gasteiger partial charge on any atom is -0.459 e.